The molecule has 1 N–H and O–H groups in total. The first-order chi connectivity index (χ1) is 15.5. The Bertz CT molecular complexity index is 1270. The lowest BCUT2D eigenvalue weighted by Crippen LogP contribution is -2.30. The number of para-hydroxylation sites is 1. The van der Waals surface area contributed by atoms with E-state index in [-0.39, 0.29) is 11.3 Å². The van der Waals surface area contributed by atoms with Crippen molar-refractivity contribution in [3.8, 4) is 5.75 Å². The van der Waals surface area contributed by atoms with Crippen LogP contribution in [0.15, 0.2) is 54.2 Å². The quantitative estimate of drug-likeness (QED) is 0.371. The van der Waals surface area contributed by atoms with Crippen LogP contribution in [0, 0.1) is 0 Å². The highest BCUT2D eigenvalue weighted by Gasteiger charge is 2.46. The van der Waals surface area contributed by atoms with Gasteiger partial charge in [-0.3, -0.25) is 9.59 Å². The third kappa shape index (κ3) is 3.09. The predicted molar refractivity (Wildman–Crippen MR) is 122 cm³/mol. The molecule has 0 spiro atoms. The summed E-state index contributed by atoms with van der Waals surface area (Å²) in [5, 5.41) is 12.3. The molecule has 0 saturated carbocycles. The molecule has 2 aliphatic rings. The van der Waals surface area contributed by atoms with Gasteiger partial charge in [-0.1, -0.05) is 31.5 Å². The summed E-state index contributed by atoms with van der Waals surface area (Å²) in [4.78, 5) is 27.9. The minimum Gasteiger partial charge on any atom is -0.507 e. The van der Waals surface area contributed by atoms with E-state index in [9.17, 15) is 14.7 Å². The molecule has 0 radical (unpaired) electrons. The van der Waals surface area contributed by atoms with Crippen LogP contribution >= 0.6 is 0 Å². The third-order valence-corrected chi connectivity index (χ3v) is 6.48. The number of aryl methyl sites for hydroxylation is 1. The summed E-state index contributed by atoms with van der Waals surface area (Å²) < 4.78 is 7.57. The summed E-state index contributed by atoms with van der Waals surface area (Å²) in [5.74, 6) is -0.513. The molecular formula is C26H26N2O4. The maximum Gasteiger partial charge on any atom is 0.295 e. The van der Waals surface area contributed by atoms with E-state index in [0.717, 1.165) is 47.0 Å². The molecule has 0 bridgehead atoms. The number of carbonyl (C=O) groups excluding carboxylic acids is 2. The maximum absolute atomic E-state index is 13.2. The highest BCUT2D eigenvalue weighted by Crippen LogP contribution is 2.43. The molecule has 32 heavy (non-hydrogen) atoms. The number of Topliss-reactive ketones (excluding diaryl/α,β-unsaturated/α-hetero) is 1. The Morgan fingerprint density at radius 2 is 2.00 bits per heavy atom. The smallest absolute Gasteiger partial charge is 0.295 e. The van der Waals surface area contributed by atoms with Crippen molar-refractivity contribution in [3.05, 3.63) is 70.9 Å². The molecule has 1 aromatic heterocycles. The zero-order chi connectivity index (χ0) is 22.4. The second-order valence-corrected chi connectivity index (χ2v) is 8.48. The van der Waals surface area contributed by atoms with E-state index >= 15 is 0 Å². The number of benzene rings is 2. The number of rotatable bonds is 5. The Labute approximate surface area is 186 Å². The number of aromatic nitrogens is 1. The Morgan fingerprint density at radius 1 is 1.19 bits per heavy atom. The molecule has 1 atom stereocenters. The number of fused-ring (bicyclic) bond motifs is 2. The number of ketones is 1. The number of amides is 1. The molecule has 2 aromatic carbocycles. The van der Waals surface area contributed by atoms with Crippen LogP contribution in [-0.2, 0) is 23.1 Å². The fourth-order valence-corrected chi connectivity index (χ4v) is 4.84. The van der Waals surface area contributed by atoms with Crippen molar-refractivity contribution in [2.24, 2.45) is 7.05 Å². The van der Waals surface area contributed by atoms with Crippen molar-refractivity contribution >= 4 is 28.4 Å². The molecular weight excluding hydrogens is 404 g/mol. The van der Waals surface area contributed by atoms with Gasteiger partial charge >= 0.3 is 0 Å². The highest BCUT2D eigenvalue weighted by molar-refractivity contribution is 6.46. The predicted octanol–water partition coefficient (Wildman–Crippen LogP) is 4.34. The van der Waals surface area contributed by atoms with E-state index < -0.39 is 17.7 Å². The molecule has 164 valence electrons. The summed E-state index contributed by atoms with van der Waals surface area (Å²) in [6.45, 7) is 3.12. The molecule has 1 saturated heterocycles. The second-order valence-electron chi connectivity index (χ2n) is 8.48. The fraction of sp³-hybridized carbons (Fsp3) is 0.308. The zero-order valence-corrected chi connectivity index (χ0v) is 18.3. The van der Waals surface area contributed by atoms with Crippen molar-refractivity contribution in [2.45, 2.75) is 32.2 Å². The first kappa shape index (κ1) is 20.4. The Kier molecular flexibility index (Phi) is 5.00. The van der Waals surface area contributed by atoms with E-state index in [1.165, 1.54) is 0 Å². The fourth-order valence-electron chi connectivity index (χ4n) is 4.84. The number of ether oxygens (including phenoxy) is 1. The Hall–Kier alpha value is -3.54. The molecule has 6 nitrogen and oxygen atoms in total. The monoisotopic (exact) mass is 430 g/mol. The van der Waals surface area contributed by atoms with E-state index in [1.807, 2.05) is 54.2 Å². The normalized spacial score (nSPS) is 19.6. The van der Waals surface area contributed by atoms with E-state index in [4.69, 9.17) is 4.74 Å². The molecule has 3 heterocycles. The van der Waals surface area contributed by atoms with Crippen molar-refractivity contribution in [1.82, 2.24) is 9.47 Å². The first-order valence-corrected chi connectivity index (χ1v) is 11.1. The molecule has 1 amide bonds. The lowest BCUT2D eigenvalue weighted by molar-refractivity contribution is -0.139. The number of hydrogen-bond acceptors (Lipinski definition) is 4. The van der Waals surface area contributed by atoms with Gasteiger partial charge in [0.15, 0.2) is 0 Å². The largest absolute Gasteiger partial charge is 0.507 e. The number of aliphatic hydroxyl groups excluding tert-OH is 1. The van der Waals surface area contributed by atoms with E-state index in [2.05, 4.69) is 6.92 Å². The number of carbonyl (C=O) groups is 2. The molecule has 0 aliphatic carbocycles. The topological polar surface area (TPSA) is 71.8 Å². The van der Waals surface area contributed by atoms with Gasteiger partial charge in [-0.2, -0.15) is 0 Å². The van der Waals surface area contributed by atoms with Crippen molar-refractivity contribution in [3.63, 3.8) is 0 Å². The van der Waals surface area contributed by atoms with Gasteiger partial charge in [0.05, 0.1) is 18.2 Å². The summed E-state index contributed by atoms with van der Waals surface area (Å²) in [6.07, 6.45) is 4.40. The van der Waals surface area contributed by atoms with Crippen molar-refractivity contribution in [2.75, 3.05) is 13.2 Å². The van der Waals surface area contributed by atoms with Crippen LogP contribution in [0.5, 0.6) is 5.75 Å². The summed E-state index contributed by atoms with van der Waals surface area (Å²) in [5.41, 5.74) is 3.55. The number of hydrogen-bond donors (Lipinski definition) is 1. The molecule has 6 heteroatoms. The SMILES string of the molecule is CCCCN1C(=O)C(=O)/C(=C(/O)c2ccc3c(c2)CCO3)C1c1cn(C)c2ccccc12. The highest BCUT2D eigenvalue weighted by atomic mass is 16.5. The summed E-state index contributed by atoms with van der Waals surface area (Å²) in [6, 6.07) is 12.7. The lowest BCUT2D eigenvalue weighted by atomic mass is 9.94. The lowest BCUT2D eigenvalue weighted by Gasteiger charge is -2.24. The minimum atomic E-state index is -0.631. The first-order valence-electron chi connectivity index (χ1n) is 11.1. The van der Waals surface area contributed by atoms with Gasteiger partial charge in [0.25, 0.3) is 11.7 Å². The molecule has 5 rings (SSSR count). The number of unbranched alkanes of at least 4 members (excludes halogenated alkanes) is 1. The van der Waals surface area contributed by atoms with Crippen LogP contribution in [0.4, 0.5) is 0 Å². The van der Waals surface area contributed by atoms with Crippen LogP contribution in [0.2, 0.25) is 0 Å². The average molecular weight is 431 g/mol. The van der Waals surface area contributed by atoms with Crippen LogP contribution in [0.3, 0.4) is 0 Å². The number of likely N-dealkylation sites (tertiary alicyclic amines) is 1. The van der Waals surface area contributed by atoms with Crippen LogP contribution in [-0.4, -0.2) is 39.4 Å². The second kappa shape index (κ2) is 7.86. The molecule has 1 unspecified atom stereocenters. The average Bonchev–Trinajstić information content (AvgIpc) is 3.47. The van der Waals surface area contributed by atoms with Gasteiger partial charge in [-0.25, -0.2) is 0 Å². The molecule has 3 aromatic rings. The molecule has 1 fully saturated rings. The van der Waals surface area contributed by atoms with Crippen LogP contribution in [0.1, 0.15) is 42.5 Å². The van der Waals surface area contributed by atoms with Gasteiger partial charge in [-0.15, -0.1) is 0 Å². The van der Waals surface area contributed by atoms with Crippen LogP contribution in [0.25, 0.3) is 16.7 Å². The maximum atomic E-state index is 13.2. The van der Waals surface area contributed by atoms with Gasteiger partial charge in [-0.05, 0) is 36.2 Å². The standard InChI is InChI=1S/C26H26N2O4/c1-3-4-12-28-23(19-15-27(2)20-8-6-5-7-18(19)20)22(25(30)26(28)31)24(29)17-9-10-21-16(14-17)11-13-32-21/h5-10,14-15,23,29H,3-4,11-13H2,1-2H3/b24-22+. The Balaban J connectivity index is 1.71. The van der Waals surface area contributed by atoms with Crippen LogP contribution < -0.4 is 4.74 Å². The number of nitrogens with zero attached hydrogens (tertiary/aromatic N) is 2. The number of aliphatic hydroxyl groups is 1. The van der Waals surface area contributed by atoms with Crippen molar-refractivity contribution in [1.29, 1.82) is 0 Å². The van der Waals surface area contributed by atoms with Crippen molar-refractivity contribution < 1.29 is 19.4 Å². The van der Waals surface area contributed by atoms with E-state index in [0.29, 0.717) is 18.7 Å². The Morgan fingerprint density at radius 3 is 2.81 bits per heavy atom. The minimum absolute atomic E-state index is 0.130. The van der Waals surface area contributed by atoms with Gasteiger partial charge in [0.1, 0.15) is 11.5 Å². The zero-order valence-electron chi connectivity index (χ0n) is 18.3. The van der Waals surface area contributed by atoms with Gasteiger partial charge in [0, 0.05) is 48.2 Å². The van der Waals surface area contributed by atoms with E-state index in [1.54, 1.807) is 11.0 Å². The molecule has 2 aliphatic heterocycles. The van der Waals surface area contributed by atoms with Gasteiger partial charge in [0.2, 0.25) is 0 Å². The summed E-state index contributed by atoms with van der Waals surface area (Å²) >= 11 is 0. The summed E-state index contributed by atoms with van der Waals surface area (Å²) in [7, 11) is 1.95. The third-order valence-electron chi connectivity index (χ3n) is 6.48. The van der Waals surface area contributed by atoms with Gasteiger partial charge < -0.3 is 19.3 Å².